The fraction of sp³-hybridized carbons (Fsp3) is 0.750. The van der Waals surface area contributed by atoms with E-state index in [1.54, 1.807) is 4.90 Å². The molecule has 0 bridgehead atoms. The average molecular weight is 270 g/mol. The number of hydrogen-bond acceptors (Lipinski definition) is 4. The summed E-state index contributed by atoms with van der Waals surface area (Å²) in [6.07, 6.45) is 1.22. The highest BCUT2D eigenvalue weighted by atomic mass is 16.2. The van der Waals surface area contributed by atoms with Crippen molar-refractivity contribution in [3.05, 3.63) is 0 Å². The van der Waals surface area contributed by atoms with Gasteiger partial charge in [0.1, 0.15) is 0 Å². The van der Waals surface area contributed by atoms with Crippen molar-refractivity contribution in [3.8, 4) is 0 Å². The number of likely N-dealkylation sites (N-methyl/N-ethyl adjacent to an activating group) is 1. The largest absolute Gasteiger partial charge is 0.359 e. The summed E-state index contributed by atoms with van der Waals surface area (Å²) < 4.78 is 0. The van der Waals surface area contributed by atoms with Crippen molar-refractivity contribution >= 4 is 18.2 Å². The van der Waals surface area contributed by atoms with E-state index in [0.29, 0.717) is 39.0 Å². The zero-order valence-corrected chi connectivity index (χ0v) is 11.4. The number of nitrogens with zero attached hydrogens (tertiary/aromatic N) is 2. The van der Waals surface area contributed by atoms with Gasteiger partial charge in [-0.2, -0.15) is 0 Å². The second-order valence-electron chi connectivity index (χ2n) is 4.41. The van der Waals surface area contributed by atoms with Crippen LogP contribution < -0.4 is 10.6 Å². The molecule has 7 heteroatoms. The molecular weight excluding hydrogens is 248 g/mol. The third-order valence-electron chi connectivity index (χ3n) is 3.17. The van der Waals surface area contributed by atoms with E-state index >= 15 is 0 Å². The molecule has 7 nitrogen and oxygen atoms in total. The fourth-order valence-electron chi connectivity index (χ4n) is 1.94. The van der Waals surface area contributed by atoms with Gasteiger partial charge >= 0.3 is 11.8 Å². The highest BCUT2D eigenvalue weighted by Gasteiger charge is 2.24. The summed E-state index contributed by atoms with van der Waals surface area (Å²) >= 11 is 0. The van der Waals surface area contributed by atoms with Crippen LogP contribution in [0.15, 0.2) is 0 Å². The zero-order valence-electron chi connectivity index (χ0n) is 11.4. The molecule has 0 aromatic heterocycles. The minimum Gasteiger partial charge on any atom is -0.359 e. The molecule has 1 aliphatic rings. The van der Waals surface area contributed by atoms with Gasteiger partial charge in [-0.05, 0) is 13.0 Å². The molecule has 2 N–H and O–H groups in total. The molecule has 0 atom stereocenters. The van der Waals surface area contributed by atoms with Gasteiger partial charge in [0.05, 0.1) is 0 Å². The van der Waals surface area contributed by atoms with Gasteiger partial charge in [0.15, 0.2) is 0 Å². The monoisotopic (exact) mass is 270 g/mol. The molecule has 0 saturated carbocycles. The molecule has 0 spiro atoms. The van der Waals surface area contributed by atoms with Crippen molar-refractivity contribution in [1.29, 1.82) is 0 Å². The number of hydrogen-bond donors (Lipinski definition) is 2. The average Bonchev–Trinajstić information content (AvgIpc) is 2.46. The number of amides is 3. The SMILES string of the molecule is CCN1CCN(C(=O)C(=O)NCCCNC=O)CC1. The molecule has 1 heterocycles. The molecule has 0 unspecified atom stereocenters. The summed E-state index contributed by atoms with van der Waals surface area (Å²) in [6, 6.07) is 0. The quantitative estimate of drug-likeness (QED) is 0.346. The van der Waals surface area contributed by atoms with Gasteiger partial charge in [0, 0.05) is 39.3 Å². The lowest BCUT2D eigenvalue weighted by Crippen LogP contribution is -2.52. The second kappa shape index (κ2) is 8.47. The Labute approximate surface area is 113 Å². The van der Waals surface area contributed by atoms with Crippen LogP contribution in [0.4, 0.5) is 0 Å². The molecule has 0 aromatic carbocycles. The van der Waals surface area contributed by atoms with E-state index in [-0.39, 0.29) is 0 Å². The van der Waals surface area contributed by atoms with Gasteiger partial charge in [-0.3, -0.25) is 14.4 Å². The van der Waals surface area contributed by atoms with Gasteiger partial charge < -0.3 is 20.4 Å². The van der Waals surface area contributed by atoms with Gasteiger partial charge in [-0.1, -0.05) is 6.92 Å². The van der Waals surface area contributed by atoms with Crippen LogP contribution in [-0.2, 0) is 14.4 Å². The molecule has 0 aromatic rings. The van der Waals surface area contributed by atoms with Gasteiger partial charge in [0.25, 0.3) is 0 Å². The lowest BCUT2D eigenvalue weighted by atomic mass is 10.3. The molecular formula is C12H22N4O3. The Balaban J connectivity index is 2.21. The predicted octanol–water partition coefficient (Wildman–Crippen LogP) is -1.60. The Bertz CT molecular complexity index is 314. The van der Waals surface area contributed by atoms with Crippen molar-refractivity contribution in [2.45, 2.75) is 13.3 Å². The van der Waals surface area contributed by atoms with E-state index in [2.05, 4.69) is 22.5 Å². The first-order valence-electron chi connectivity index (χ1n) is 6.65. The smallest absolute Gasteiger partial charge is 0.311 e. The van der Waals surface area contributed by atoms with Crippen LogP contribution in [0.3, 0.4) is 0 Å². The lowest BCUT2D eigenvalue weighted by Gasteiger charge is -2.33. The maximum Gasteiger partial charge on any atom is 0.311 e. The summed E-state index contributed by atoms with van der Waals surface area (Å²) in [6.45, 7) is 6.78. The second-order valence-corrected chi connectivity index (χ2v) is 4.41. The van der Waals surface area contributed by atoms with E-state index in [9.17, 15) is 14.4 Å². The number of carbonyl (C=O) groups is 3. The molecule has 3 amide bonds. The summed E-state index contributed by atoms with van der Waals surface area (Å²) in [4.78, 5) is 37.3. The molecule has 19 heavy (non-hydrogen) atoms. The maximum atomic E-state index is 11.8. The number of nitrogens with one attached hydrogen (secondary N) is 2. The van der Waals surface area contributed by atoms with E-state index in [4.69, 9.17) is 0 Å². The highest BCUT2D eigenvalue weighted by Crippen LogP contribution is 2.01. The molecule has 1 rings (SSSR count). The third kappa shape index (κ3) is 5.25. The molecule has 0 radical (unpaired) electrons. The Morgan fingerprint density at radius 3 is 2.42 bits per heavy atom. The number of piperazine rings is 1. The van der Waals surface area contributed by atoms with Crippen LogP contribution in [-0.4, -0.2) is 73.8 Å². The van der Waals surface area contributed by atoms with E-state index in [1.807, 2.05) is 0 Å². The van der Waals surface area contributed by atoms with Crippen molar-refractivity contribution in [2.75, 3.05) is 45.8 Å². The Morgan fingerprint density at radius 1 is 1.16 bits per heavy atom. The van der Waals surface area contributed by atoms with Crippen LogP contribution in [0.2, 0.25) is 0 Å². The van der Waals surface area contributed by atoms with Crippen LogP contribution in [0.5, 0.6) is 0 Å². The minimum absolute atomic E-state index is 0.389. The summed E-state index contributed by atoms with van der Waals surface area (Å²) in [5.41, 5.74) is 0. The first-order valence-corrected chi connectivity index (χ1v) is 6.65. The van der Waals surface area contributed by atoms with E-state index in [1.165, 1.54) is 0 Å². The molecule has 0 aliphatic carbocycles. The van der Waals surface area contributed by atoms with E-state index < -0.39 is 11.8 Å². The fourth-order valence-corrected chi connectivity index (χ4v) is 1.94. The zero-order chi connectivity index (χ0) is 14.1. The Morgan fingerprint density at radius 2 is 1.84 bits per heavy atom. The molecule has 1 saturated heterocycles. The normalized spacial score (nSPS) is 15.9. The maximum absolute atomic E-state index is 11.8. The standard InChI is InChI=1S/C12H22N4O3/c1-2-15-6-8-16(9-7-15)12(19)11(18)14-5-3-4-13-10-17/h10H,2-9H2,1H3,(H,13,17)(H,14,18). The Kier molecular flexibility index (Phi) is 6.88. The number of carbonyl (C=O) groups excluding carboxylic acids is 3. The van der Waals surface area contributed by atoms with Crippen molar-refractivity contribution in [1.82, 2.24) is 20.4 Å². The number of rotatable bonds is 6. The third-order valence-corrected chi connectivity index (χ3v) is 3.17. The van der Waals surface area contributed by atoms with Crippen molar-refractivity contribution in [3.63, 3.8) is 0 Å². The topological polar surface area (TPSA) is 81.8 Å². The lowest BCUT2D eigenvalue weighted by molar-refractivity contribution is -0.146. The summed E-state index contributed by atoms with van der Waals surface area (Å²) in [7, 11) is 0. The van der Waals surface area contributed by atoms with Gasteiger partial charge in [0.2, 0.25) is 6.41 Å². The highest BCUT2D eigenvalue weighted by molar-refractivity contribution is 6.35. The minimum atomic E-state index is -0.559. The molecule has 1 aliphatic heterocycles. The molecule has 1 fully saturated rings. The van der Waals surface area contributed by atoms with Crippen LogP contribution >= 0.6 is 0 Å². The van der Waals surface area contributed by atoms with E-state index in [0.717, 1.165) is 19.6 Å². The van der Waals surface area contributed by atoms with Crippen LogP contribution in [0.1, 0.15) is 13.3 Å². The van der Waals surface area contributed by atoms with Crippen molar-refractivity contribution in [2.24, 2.45) is 0 Å². The molecule has 108 valence electrons. The predicted molar refractivity (Wildman–Crippen MR) is 70.4 cm³/mol. The van der Waals surface area contributed by atoms with Gasteiger partial charge in [-0.25, -0.2) is 0 Å². The van der Waals surface area contributed by atoms with Crippen LogP contribution in [0.25, 0.3) is 0 Å². The van der Waals surface area contributed by atoms with Crippen molar-refractivity contribution < 1.29 is 14.4 Å². The van der Waals surface area contributed by atoms with Gasteiger partial charge in [-0.15, -0.1) is 0 Å². The summed E-state index contributed by atoms with van der Waals surface area (Å²) in [5.74, 6) is -1.02. The first kappa shape index (κ1) is 15.4. The first-order chi connectivity index (χ1) is 9.19. The Hall–Kier alpha value is -1.63. The summed E-state index contributed by atoms with van der Waals surface area (Å²) in [5, 5.41) is 5.06. The van der Waals surface area contributed by atoms with Crippen LogP contribution in [0, 0.1) is 0 Å².